The molecule has 0 fully saturated rings. The monoisotopic (exact) mass is 360 g/mol. The fourth-order valence-electron chi connectivity index (χ4n) is 2.39. The average Bonchev–Trinajstić information content (AvgIpc) is 2.96. The van der Waals surface area contributed by atoms with Gasteiger partial charge in [0.25, 0.3) is 5.91 Å². The van der Waals surface area contributed by atoms with Gasteiger partial charge in [-0.05, 0) is 36.2 Å². The number of nitrogens with zero attached hydrogens (tertiary/aromatic N) is 1. The third-order valence-electron chi connectivity index (χ3n) is 3.53. The first-order chi connectivity index (χ1) is 12.0. The Morgan fingerprint density at radius 1 is 1.32 bits per heavy atom. The summed E-state index contributed by atoms with van der Waals surface area (Å²) >= 11 is 1.41. The average molecular weight is 360 g/mol. The lowest BCUT2D eigenvalue weighted by molar-refractivity contribution is 0.0991. The highest BCUT2D eigenvalue weighted by molar-refractivity contribution is 7.18. The molecule has 0 saturated carbocycles. The number of hydrogen-bond donors (Lipinski definition) is 1. The van der Waals surface area contributed by atoms with E-state index in [1.165, 1.54) is 11.3 Å². The van der Waals surface area contributed by atoms with Crippen LogP contribution in [0.1, 0.15) is 20.9 Å². The zero-order chi connectivity index (χ0) is 18.0. The van der Waals surface area contributed by atoms with Crippen LogP contribution < -0.4 is 10.5 Å². The topological polar surface area (TPSA) is 65.2 Å². The van der Waals surface area contributed by atoms with E-state index in [0.717, 1.165) is 34.3 Å². The van der Waals surface area contributed by atoms with Crippen molar-refractivity contribution in [2.45, 2.75) is 13.0 Å². The molecule has 3 aromatic rings. The highest BCUT2D eigenvalue weighted by Crippen LogP contribution is 2.27. The number of benzene rings is 2. The summed E-state index contributed by atoms with van der Waals surface area (Å²) in [4.78, 5) is 15.6. The van der Waals surface area contributed by atoms with Crippen molar-refractivity contribution in [3.05, 3.63) is 70.8 Å². The van der Waals surface area contributed by atoms with Gasteiger partial charge in [0, 0.05) is 0 Å². The maximum absolute atomic E-state index is 14.1. The lowest BCUT2D eigenvalue weighted by atomic mass is 10.1. The molecule has 0 saturated heterocycles. The van der Waals surface area contributed by atoms with E-state index in [-0.39, 0.29) is 12.4 Å². The van der Waals surface area contributed by atoms with Gasteiger partial charge in [-0.3, -0.25) is 4.79 Å². The van der Waals surface area contributed by atoms with Gasteiger partial charge in [-0.15, -0.1) is 17.9 Å². The van der Waals surface area contributed by atoms with Crippen LogP contribution in [0.25, 0.3) is 10.2 Å². The molecule has 2 N–H and O–H groups in total. The third-order valence-corrected chi connectivity index (χ3v) is 4.54. The normalized spacial score (nSPS) is 10.8. The van der Waals surface area contributed by atoms with Gasteiger partial charge in [0.05, 0.1) is 10.2 Å². The maximum Gasteiger partial charge on any atom is 0.254 e. The van der Waals surface area contributed by atoms with Crippen LogP contribution in [0.3, 0.4) is 0 Å². The predicted octanol–water partition coefficient (Wildman–Crippen LogP) is 3.98. The molecule has 0 aliphatic heterocycles. The van der Waals surface area contributed by atoms with Crippen LogP contribution in [0, 0.1) is 11.6 Å². The smallest absolute Gasteiger partial charge is 0.254 e. The van der Waals surface area contributed by atoms with Gasteiger partial charge in [0.1, 0.15) is 23.0 Å². The first kappa shape index (κ1) is 17.0. The first-order valence-electron chi connectivity index (χ1n) is 7.39. The largest absolute Gasteiger partial charge is 0.483 e. The number of primary amides is 1. The van der Waals surface area contributed by atoms with Gasteiger partial charge in [0.15, 0.2) is 11.6 Å². The quantitative estimate of drug-likeness (QED) is 0.676. The van der Waals surface area contributed by atoms with E-state index < -0.39 is 23.1 Å². The van der Waals surface area contributed by atoms with Crippen LogP contribution in [0.5, 0.6) is 5.75 Å². The lowest BCUT2D eigenvalue weighted by Gasteiger charge is -2.08. The summed E-state index contributed by atoms with van der Waals surface area (Å²) in [6.45, 7) is 3.70. The van der Waals surface area contributed by atoms with E-state index in [1.807, 2.05) is 24.3 Å². The number of allylic oxidation sites excluding steroid dienone is 1. The van der Waals surface area contributed by atoms with E-state index in [2.05, 4.69) is 11.6 Å². The van der Waals surface area contributed by atoms with Gasteiger partial charge < -0.3 is 10.5 Å². The molecular weight excluding hydrogens is 346 g/mol. The number of fused-ring (bicyclic) bond motifs is 1. The predicted molar refractivity (Wildman–Crippen MR) is 92.7 cm³/mol. The summed E-state index contributed by atoms with van der Waals surface area (Å²) < 4.78 is 33.9. The summed E-state index contributed by atoms with van der Waals surface area (Å²) in [5.41, 5.74) is 6.09. The highest BCUT2D eigenvalue weighted by atomic mass is 32.1. The van der Waals surface area contributed by atoms with Crippen LogP contribution in [0.2, 0.25) is 0 Å². The minimum absolute atomic E-state index is 0.00308. The summed E-state index contributed by atoms with van der Waals surface area (Å²) in [6, 6.07) is 7.97. The van der Waals surface area contributed by atoms with Crippen molar-refractivity contribution in [2.75, 3.05) is 0 Å². The highest BCUT2D eigenvalue weighted by Gasteiger charge is 2.19. The minimum atomic E-state index is -1.19. The van der Waals surface area contributed by atoms with E-state index in [0.29, 0.717) is 5.01 Å². The van der Waals surface area contributed by atoms with Crippen LogP contribution in [-0.2, 0) is 13.0 Å². The Morgan fingerprint density at radius 2 is 2.12 bits per heavy atom. The third kappa shape index (κ3) is 3.51. The number of nitrogens with two attached hydrogens (primary N) is 1. The fraction of sp³-hybridized carbons (Fsp3) is 0.111. The van der Waals surface area contributed by atoms with Crippen molar-refractivity contribution >= 4 is 27.5 Å². The molecule has 0 spiro atoms. The Balaban J connectivity index is 1.82. The fourth-order valence-corrected chi connectivity index (χ4v) is 3.25. The van der Waals surface area contributed by atoms with Crippen LogP contribution >= 0.6 is 11.3 Å². The zero-order valence-corrected chi connectivity index (χ0v) is 13.9. The summed E-state index contributed by atoms with van der Waals surface area (Å²) in [7, 11) is 0. The number of thiazole rings is 1. The van der Waals surface area contributed by atoms with Crippen molar-refractivity contribution < 1.29 is 18.3 Å². The number of aromatic nitrogens is 1. The van der Waals surface area contributed by atoms with E-state index in [9.17, 15) is 13.6 Å². The van der Waals surface area contributed by atoms with Gasteiger partial charge >= 0.3 is 0 Å². The molecular formula is C18H14F2N2O2S. The number of carbonyl (C=O) groups excluding carboxylic acids is 1. The second-order valence-corrected chi connectivity index (χ2v) is 6.41. The van der Waals surface area contributed by atoms with Gasteiger partial charge in [0.2, 0.25) is 0 Å². The first-order valence-corrected chi connectivity index (χ1v) is 8.21. The second kappa shape index (κ2) is 6.98. The molecule has 4 nitrogen and oxygen atoms in total. The van der Waals surface area contributed by atoms with Crippen LogP contribution in [0.15, 0.2) is 43.0 Å². The Kier molecular flexibility index (Phi) is 4.76. The Morgan fingerprint density at radius 3 is 2.84 bits per heavy atom. The molecule has 0 aliphatic rings. The van der Waals surface area contributed by atoms with E-state index in [1.54, 1.807) is 0 Å². The molecule has 3 rings (SSSR count). The molecule has 1 amide bonds. The molecule has 1 aromatic heterocycles. The van der Waals surface area contributed by atoms with Crippen molar-refractivity contribution in [3.8, 4) is 5.75 Å². The molecule has 0 atom stereocenters. The Bertz CT molecular complexity index is 969. The molecule has 0 aliphatic carbocycles. The second-order valence-electron chi connectivity index (χ2n) is 5.29. The van der Waals surface area contributed by atoms with Gasteiger partial charge in [-0.25, -0.2) is 13.8 Å². The molecule has 25 heavy (non-hydrogen) atoms. The number of ether oxygens (including phenoxy) is 1. The number of carbonyl (C=O) groups is 1. The van der Waals surface area contributed by atoms with Crippen molar-refractivity contribution in [3.63, 3.8) is 0 Å². The summed E-state index contributed by atoms with van der Waals surface area (Å²) in [5, 5.41) is 0.634. The molecule has 7 heteroatoms. The summed E-state index contributed by atoms with van der Waals surface area (Å²) in [5.74, 6) is -3.56. The van der Waals surface area contributed by atoms with Gasteiger partial charge in [-0.2, -0.15) is 0 Å². The zero-order valence-electron chi connectivity index (χ0n) is 13.1. The van der Waals surface area contributed by atoms with E-state index >= 15 is 0 Å². The summed E-state index contributed by atoms with van der Waals surface area (Å²) in [6.07, 6.45) is 2.56. The van der Waals surface area contributed by atoms with Crippen molar-refractivity contribution in [1.29, 1.82) is 0 Å². The SMILES string of the molecule is C=CCc1ccc2sc(COc3ccc(F)c(C(N)=O)c3F)nc2c1. The number of halogens is 2. The lowest BCUT2D eigenvalue weighted by Crippen LogP contribution is -2.16. The molecule has 0 bridgehead atoms. The van der Waals surface area contributed by atoms with E-state index in [4.69, 9.17) is 10.5 Å². The number of hydrogen-bond acceptors (Lipinski definition) is 4. The molecule has 1 heterocycles. The minimum Gasteiger partial charge on any atom is -0.483 e. The molecule has 2 aromatic carbocycles. The molecule has 128 valence electrons. The van der Waals surface area contributed by atoms with Crippen molar-refractivity contribution in [2.24, 2.45) is 5.73 Å². The molecule has 0 unspecified atom stereocenters. The number of rotatable bonds is 6. The van der Waals surface area contributed by atoms with Crippen LogP contribution in [-0.4, -0.2) is 10.9 Å². The molecule has 0 radical (unpaired) electrons. The standard InChI is InChI=1S/C18H14F2N2O2S/c1-2-3-10-4-7-14-12(8-10)22-15(25-14)9-24-13-6-5-11(19)16(17(13)20)18(21)23/h2,4-8H,1,3,9H2,(H2,21,23). The Labute approximate surface area is 146 Å². The van der Waals surface area contributed by atoms with Crippen molar-refractivity contribution in [1.82, 2.24) is 4.98 Å². The van der Waals surface area contributed by atoms with Gasteiger partial charge in [-0.1, -0.05) is 12.1 Å². The Hall–Kier alpha value is -2.80. The van der Waals surface area contributed by atoms with Crippen LogP contribution in [0.4, 0.5) is 8.78 Å². The maximum atomic E-state index is 14.1. The number of amides is 1.